The summed E-state index contributed by atoms with van der Waals surface area (Å²) in [5.74, 6) is 0.215. The standard InChI is InChI=1S/C25H35N3O4/c1-18(2)16-21(26-23(30)14-12-19-10-6-7-11-19)22(29)17-28-25(31)32-24(27-28)15-13-20-8-4-3-5-9-20/h3-5,8-9,18-19,21H,6-7,10-17H2,1-2H3,(H,26,30)/t21-/m0/s1. The summed E-state index contributed by atoms with van der Waals surface area (Å²) in [6.07, 6.45) is 7.92. The lowest BCUT2D eigenvalue weighted by Gasteiger charge is -2.20. The zero-order valence-electron chi connectivity index (χ0n) is 19.2. The number of nitrogens with one attached hydrogen (secondary N) is 1. The molecule has 1 aliphatic carbocycles. The Morgan fingerprint density at radius 3 is 2.56 bits per heavy atom. The maximum absolute atomic E-state index is 12.9. The van der Waals surface area contributed by atoms with E-state index in [1.54, 1.807) is 0 Å². The number of carbonyl (C=O) groups excluding carboxylic acids is 2. The Balaban J connectivity index is 1.55. The second kappa shape index (κ2) is 11.8. The maximum Gasteiger partial charge on any atom is 0.437 e. The van der Waals surface area contributed by atoms with Crippen LogP contribution in [0.3, 0.4) is 0 Å². The number of nitrogens with zero attached hydrogens (tertiary/aromatic N) is 2. The summed E-state index contributed by atoms with van der Waals surface area (Å²) in [5.41, 5.74) is 1.12. The molecular weight excluding hydrogens is 406 g/mol. The summed E-state index contributed by atoms with van der Waals surface area (Å²) >= 11 is 0. The lowest BCUT2D eigenvalue weighted by atomic mass is 9.98. The molecule has 174 valence electrons. The van der Waals surface area contributed by atoms with Crippen LogP contribution in [-0.4, -0.2) is 27.5 Å². The Kier molecular flexibility index (Phi) is 8.82. The number of rotatable bonds is 12. The molecule has 0 bridgehead atoms. The lowest BCUT2D eigenvalue weighted by molar-refractivity contribution is -0.128. The first-order valence-electron chi connectivity index (χ1n) is 11.8. The van der Waals surface area contributed by atoms with Gasteiger partial charge >= 0.3 is 5.76 Å². The average molecular weight is 442 g/mol. The smallest absolute Gasteiger partial charge is 0.392 e. The van der Waals surface area contributed by atoms with Crippen LogP contribution in [0.2, 0.25) is 0 Å². The van der Waals surface area contributed by atoms with Crippen molar-refractivity contribution in [3.63, 3.8) is 0 Å². The third-order valence-electron chi connectivity index (χ3n) is 6.11. The highest BCUT2D eigenvalue weighted by atomic mass is 16.4. The fraction of sp³-hybridized carbons (Fsp3) is 0.600. The Hall–Kier alpha value is -2.70. The molecule has 2 aromatic rings. The van der Waals surface area contributed by atoms with Crippen LogP contribution in [0.1, 0.15) is 70.2 Å². The molecule has 1 saturated carbocycles. The second-order valence-electron chi connectivity index (χ2n) is 9.31. The highest BCUT2D eigenvalue weighted by Crippen LogP contribution is 2.28. The van der Waals surface area contributed by atoms with Crippen LogP contribution in [0.25, 0.3) is 0 Å². The van der Waals surface area contributed by atoms with Crippen molar-refractivity contribution in [2.45, 2.75) is 84.2 Å². The van der Waals surface area contributed by atoms with Crippen LogP contribution in [-0.2, 0) is 29.0 Å². The fourth-order valence-corrected chi connectivity index (χ4v) is 4.35. The predicted molar refractivity (Wildman–Crippen MR) is 122 cm³/mol. The number of carbonyl (C=O) groups is 2. The van der Waals surface area contributed by atoms with Crippen molar-refractivity contribution in [1.82, 2.24) is 15.1 Å². The molecule has 0 saturated heterocycles. The van der Waals surface area contributed by atoms with Crippen molar-refractivity contribution >= 4 is 11.7 Å². The summed E-state index contributed by atoms with van der Waals surface area (Å²) in [4.78, 5) is 37.6. The molecule has 1 amide bonds. The molecule has 0 spiro atoms. The van der Waals surface area contributed by atoms with Crippen molar-refractivity contribution in [3.8, 4) is 0 Å². The quantitative estimate of drug-likeness (QED) is 0.542. The molecule has 0 unspecified atom stereocenters. The minimum atomic E-state index is -0.641. The number of aromatic nitrogens is 2. The summed E-state index contributed by atoms with van der Waals surface area (Å²) in [6.45, 7) is 3.82. The van der Waals surface area contributed by atoms with Crippen molar-refractivity contribution in [2.75, 3.05) is 0 Å². The zero-order chi connectivity index (χ0) is 22.9. The third-order valence-corrected chi connectivity index (χ3v) is 6.11. The van der Waals surface area contributed by atoms with Crippen LogP contribution in [0.15, 0.2) is 39.5 Å². The van der Waals surface area contributed by atoms with E-state index in [0.717, 1.165) is 16.7 Å². The van der Waals surface area contributed by atoms with Gasteiger partial charge in [0.25, 0.3) is 0 Å². The van der Waals surface area contributed by atoms with Gasteiger partial charge in [-0.05, 0) is 36.7 Å². The normalized spacial score (nSPS) is 15.2. The fourth-order valence-electron chi connectivity index (χ4n) is 4.35. The van der Waals surface area contributed by atoms with E-state index in [1.807, 2.05) is 44.2 Å². The summed E-state index contributed by atoms with van der Waals surface area (Å²) in [6, 6.07) is 9.25. The van der Waals surface area contributed by atoms with Crippen LogP contribution in [0.5, 0.6) is 0 Å². The van der Waals surface area contributed by atoms with Gasteiger partial charge in [-0.1, -0.05) is 69.9 Å². The molecule has 1 aromatic heterocycles. The van der Waals surface area contributed by atoms with Crippen LogP contribution in [0.4, 0.5) is 0 Å². The van der Waals surface area contributed by atoms with Gasteiger partial charge in [-0.3, -0.25) is 9.59 Å². The van der Waals surface area contributed by atoms with Crippen molar-refractivity contribution in [3.05, 3.63) is 52.3 Å². The predicted octanol–water partition coefficient (Wildman–Crippen LogP) is 3.69. The first kappa shape index (κ1) is 24.0. The molecule has 0 radical (unpaired) electrons. The molecule has 0 aliphatic heterocycles. The van der Waals surface area contributed by atoms with E-state index in [1.165, 1.54) is 25.7 Å². The molecule has 1 aliphatic rings. The van der Waals surface area contributed by atoms with Gasteiger partial charge in [0.15, 0.2) is 5.78 Å². The van der Waals surface area contributed by atoms with Crippen molar-refractivity contribution < 1.29 is 14.0 Å². The Bertz CT molecular complexity index is 926. The number of Topliss-reactive ketones (excluding diaryl/α,β-unsaturated/α-hetero) is 1. The van der Waals surface area contributed by atoms with E-state index >= 15 is 0 Å². The lowest BCUT2D eigenvalue weighted by Crippen LogP contribution is -2.44. The molecule has 1 atom stereocenters. The highest BCUT2D eigenvalue weighted by Gasteiger charge is 2.24. The number of hydrogen-bond acceptors (Lipinski definition) is 5. The molecule has 3 rings (SSSR count). The monoisotopic (exact) mass is 441 g/mol. The molecule has 1 aromatic carbocycles. The second-order valence-corrected chi connectivity index (χ2v) is 9.31. The molecule has 7 heteroatoms. The van der Waals surface area contributed by atoms with Gasteiger partial charge < -0.3 is 9.73 Å². The topological polar surface area (TPSA) is 94.2 Å². The van der Waals surface area contributed by atoms with Crippen LogP contribution < -0.4 is 11.1 Å². The number of amides is 1. The van der Waals surface area contributed by atoms with Crippen LogP contribution in [0, 0.1) is 11.8 Å². The zero-order valence-corrected chi connectivity index (χ0v) is 19.2. The molecule has 1 heterocycles. The molecule has 1 fully saturated rings. The first-order valence-corrected chi connectivity index (χ1v) is 11.8. The van der Waals surface area contributed by atoms with Crippen molar-refractivity contribution in [2.24, 2.45) is 11.8 Å². The number of ketones is 1. The van der Waals surface area contributed by atoms with Gasteiger partial charge in [0.1, 0.15) is 6.54 Å². The summed E-state index contributed by atoms with van der Waals surface area (Å²) in [5, 5.41) is 7.10. The van der Waals surface area contributed by atoms with Gasteiger partial charge in [-0.15, -0.1) is 5.10 Å². The largest absolute Gasteiger partial charge is 0.437 e. The van der Waals surface area contributed by atoms with E-state index < -0.39 is 11.8 Å². The first-order chi connectivity index (χ1) is 15.4. The van der Waals surface area contributed by atoms with Gasteiger partial charge in [0.2, 0.25) is 11.8 Å². The Labute approximate surface area is 189 Å². The number of hydrogen-bond donors (Lipinski definition) is 1. The van der Waals surface area contributed by atoms with Gasteiger partial charge in [0.05, 0.1) is 6.04 Å². The summed E-state index contributed by atoms with van der Waals surface area (Å²) < 4.78 is 6.30. The van der Waals surface area contributed by atoms with E-state index in [-0.39, 0.29) is 24.2 Å². The van der Waals surface area contributed by atoms with Gasteiger partial charge in [-0.25, -0.2) is 4.79 Å². The van der Waals surface area contributed by atoms with Crippen LogP contribution >= 0.6 is 0 Å². The SMILES string of the molecule is CC(C)C[C@H](NC(=O)CCC1CCCC1)C(=O)Cn1nc(CCc2ccccc2)oc1=O. The highest BCUT2D eigenvalue weighted by molar-refractivity contribution is 5.88. The Morgan fingerprint density at radius 1 is 1.16 bits per heavy atom. The minimum Gasteiger partial charge on any atom is -0.392 e. The van der Waals surface area contributed by atoms with Gasteiger partial charge in [0, 0.05) is 12.8 Å². The van der Waals surface area contributed by atoms with Gasteiger partial charge in [-0.2, -0.15) is 4.68 Å². The number of benzene rings is 1. The van der Waals surface area contributed by atoms with E-state index in [9.17, 15) is 14.4 Å². The van der Waals surface area contributed by atoms with E-state index in [0.29, 0.717) is 37.5 Å². The Morgan fingerprint density at radius 2 is 1.88 bits per heavy atom. The maximum atomic E-state index is 12.9. The summed E-state index contributed by atoms with van der Waals surface area (Å²) in [7, 11) is 0. The van der Waals surface area contributed by atoms with E-state index in [4.69, 9.17) is 4.42 Å². The minimum absolute atomic E-state index is 0.0908. The molecular formula is C25H35N3O4. The number of aryl methyl sites for hydroxylation is 2. The third kappa shape index (κ3) is 7.46. The average Bonchev–Trinajstić information content (AvgIpc) is 3.40. The molecule has 32 heavy (non-hydrogen) atoms. The van der Waals surface area contributed by atoms with Crippen molar-refractivity contribution in [1.29, 1.82) is 0 Å². The van der Waals surface area contributed by atoms with E-state index in [2.05, 4.69) is 10.4 Å². The molecule has 7 nitrogen and oxygen atoms in total. The molecule has 1 N–H and O–H groups in total.